The van der Waals surface area contributed by atoms with Gasteiger partial charge in [-0.1, -0.05) is 6.07 Å². The summed E-state index contributed by atoms with van der Waals surface area (Å²) in [7, 11) is 3.21. The molecule has 7 nitrogen and oxygen atoms in total. The van der Waals surface area contributed by atoms with Crippen LogP contribution in [0.3, 0.4) is 0 Å². The van der Waals surface area contributed by atoms with Gasteiger partial charge in [0.05, 0.1) is 25.5 Å². The van der Waals surface area contributed by atoms with Crippen LogP contribution in [-0.4, -0.2) is 48.4 Å². The molecule has 2 aromatic heterocycles. The molecule has 1 unspecified atom stereocenters. The molecule has 4 rings (SSSR count). The Hall–Kier alpha value is -2.58. The third-order valence-corrected chi connectivity index (χ3v) is 6.59. The zero-order chi connectivity index (χ0) is 21.4. The molecule has 1 aliphatic heterocycles. The van der Waals surface area contributed by atoms with Gasteiger partial charge in [-0.2, -0.15) is 4.98 Å². The smallest absolute Gasteiger partial charge is 0.308 e. The van der Waals surface area contributed by atoms with Crippen LogP contribution in [0.25, 0.3) is 21.3 Å². The Bertz CT molecular complexity index is 1120. The molecule has 1 N–H and O–H groups in total. The van der Waals surface area contributed by atoms with E-state index in [1.165, 1.54) is 0 Å². The fourth-order valence-corrected chi connectivity index (χ4v) is 5.26. The van der Waals surface area contributed by atoms with Crippen LogP contribution in [0.15, 0.2) is 18.2 Å². The van der Waals surface area contributed by atoms with Crippen molar-refractivity contribution < 1.29 is 19.4 Å². The van der Waals surface area contributed by atoms with Crippen molar-refractivity contribution in [2.75, 3.05) is 32.2 Å². The van der Waals surface area contributed by atoms with Crippen molar-refractivity contribution in [3.63, 3.8) is 0 Å². The zero-order valence-corrected chi connectivity index (χ0v) is 18.5. The fraction of sp³-hybridized carbons (Fsp3) is 0.381. The molecule has 9 heteroatoms. The number of ether oxygens (including phenoxy) is 2. The summed E-state index contributed by atoms with van der Waals surface area (Å²) in [6.07, 6.45) is 1.45. The maximum Gasteiger partial charge on any atom is 0.308 e. The van der Waals surface area contributed by atoms with Gasteiger partial charge in [-0.15, -0.1) is 11.3 Å². The van der Waals surface area contributed by atoms with E-state index in [0.717, 1.165) is 39.2 Å². The number of rotatable bonds is 5. The molecule has 0 radical (unpaired) electrons. The summed E-state index contributed by atoms with van der Waals surface area (Å²) in [5, 5.41) is 10.6. The molecule has 0 bridgehead atoms. The van der Waals surface area contributed by atoms with Crippen molar-refractivity contribution >= 4 is 44.9 Å². The Kier molecular flexibility index (Phi) is 5.71. The van der Waals surface area contributed by atoms with Crippen molar-refractivity contribution in [3.8, 4) is 22.6 Å². The molecular formula is C21H22ClN3O4S. The number of hydrogen-bond acceptors (Lipinski definition) is 7. The molecule has 158 valence electrons. The van der Waals surface area contributed by atoms with Gasteiger partial charge in [0.2, 0.25) is 5.28 Å². The van der Waals surface area contributed by atoms with Gasteiger partial charge in [-0.3, -0.25) is 4.79 Å². The van der Waals surface area contributed by atoms with Crippen LogP contribution in [0.1, 0.15) is 17.7 Å². The van der Waals surface area contributed by atoms with E-state index < -0.39 is 11.9 Å². The number of aromatic nitrogens is 2. The van der Waals surface area contributed by atoms with E-state index in [1.807, 2.05) is 30.0 Å². The number of piperidine rings is 1. The number of thiophene rings is 1. The number of anilines is 1. The van der Waals surface area contributed by atoms with Crippen LogP contribution in [0.4, 0.5) is 5.82 Å². The molecule has 1 atom stereocenters. The molecule has 1 aromatic carbocycles. The molecular weight excluding hydrogens is 426 g/mol. The second-order valence-corrected chi connectivity index (χ2v) is 8.76. The maximum atomic E-state index is 11.6. The third-order valence-electron chi connectivity index (χ3n) is 5.42. The molecule has 0 amide bonds. The lowest BCUT2D eigenvalue weighted by molar-refractivity contribution is -0.141. The first-order valence-corrected chi connectivity index (χ1v) is 10.8. The molecule has 0 aliphatic carbocycles. The monoisotopic (exact) mass is 447 g/mol. The highest BCUT2D eigenvalue weighted by molar-refractivity contribution is 7.19. The summed E-state index contributed by atoms with van der Waals surface area (Å²) < 4.78 is 10.9. The van der Waals surface area contributed by atoms with Crippen molar-refractivity contribution in [2.24, 2.45) is 5.92 Å². The molecule has 3 heterocycles. The first kappa shape index (κ1) is 20.7. The molecule has 0 spiro atoms. The Morgan fingerprint density at radius 1 is 1.27 bits per heavy atom. The average Bonchev–Trinajstić information content (AvgIpc) is 3.07. The molecule has 1 aliphatic rings. The van der Waals surface area contributed by atoms with E-state index in [-0.39, 0.29) is 5.28 Å². The first-order valence-electron chi connectivity index (χ1n) is 9.59. The van der Waals surface area contributed by atoms with Crippen LogP contribution in [0.5, 0.6) is 11.5 Å². The Morgan fingerprint density at radius 3 is 2.73 bits per heavy atom. The minimum absolute atomic E-state index is 0.162. The first-order chi connectivity index (χ1) is 14.4. The quantitative estimate of drug-likeness (QED) is 0.570. The number of methoxy groups -OCH3 is 2. The van der Waals surface area contributed by atoms with Crippen LogP contribution in [0.2, 0.25) is 5.28 Å². The summed E-state index contributed by atoms with van der Waals surface area (Å²) >= 11 is 7.79. The van der Waals surface area contributed by atoms with Crippen LogP contribution >= 0.6 is 22.9 Å². The topological polar surface area (TPSA) is 84.8 Å². The van der Waals surface area contributed by atoms with Gasteiger partial charge in [-0.25, -0.2) is 4.98 Å². The van der Waals surface area contributed by atoms with Crippen LogP contribution in [0, 0.1) is 12.8 Å². The van der Waals surface area contributed by atoms with E-state index >= 15 is 0 Å². The third kappa shape index (κ3) is 3.65. The van der Waals surface area contributed by atoms with Gasteiger partial charge in [0.25, 0.3) is 0 Å². The van der Waals surface area contributed by atoms with Crippen molar-refractivity contribution in [1.82, 2.24) is 9.97 Å². The Morgan fingerprint density at radius 2 is 2.03 bits per heavy atom. The minimum Gasteiger partial charge on any atom is -0.493 e. The molecule has 3 aromatic rings. The minimum atomic E-state index is -0.780. The predicted octanol–water partition coefficient (Wildman–Crippen LogP) is 4.64. The van der Waals surface area contributed by atoms with E-state index in [2.05, 4.69) is 9.97 Å². The zero-order valence-electron chi connectivity index (χ0n) is 16.9. The van der Waals surface area contributed by atoms with E-state index in [1.54, 1.807) is 25.6 Å². The normalized spacial score (nSPS) is 16.7. The van der Waals surface area contributed by atoms with Crippen molar-refractivity contribution in [3.05, 3.63) is 28.4 Å². The summed E-state index contributed by atoms with van der Waals surface area (Å²) in [6, 6.07) is 5.78. The van der Waals surface area contributed by atoms with Gasteiger partial charge in [0.15, 0.2) is 11.5 Å². The highest BCUT2D eigenvalue weighted by Crippen LogP contribution is 2.44. The number of fused-ring (bicyclic) bond motifs is 1. The van der Waals surface area contributed by atoms with Gasteiger partial charge in [0.1, 0.15) is 10.6 Å². The number of aliphatic carboxylic acids is 1. The van der Waals surface area contributed by atoms with Crippen molar-refractivity contribution in [2.45, 2.75) is 19.8 Å². The van der Waals surface area contributed by atoms with E-state index in [0.29, 0.717) is 30.3 Å². The number of halogens is 1. The van der Waals surface area contributed by atoms with Crippen LogP contribution < -0.4 is 14.4 Å². The summed E-state index contributed by atoms with van der Waals surface area (Å²) in [5.74, 6) is 0.766. The lowest BCUT2D eigenvalue weighted by Crippen LogP contribution is -2.39. The van der Waals surface area contributed by atoms with Gasteiger partial charge >= 0.3 is 5.97 Å². The largest absolute Gasteiger partial charge is 0.493 e. The maximum absolute atomic E-state index is 11.6. The molecule has 1 fully saturated rings. The van der Waals surface area contributed by atoms with Crippen molar-refractivity contribution in [1.29, 1.82) is 0 Å². The lowest BCUT2D eigenvalue weighted by atomic mass is 9.97. The standard InChI is InChI=1S/C21H22ClN3O4S/c1-11-16(12-6-7-14(28-2)15(9-12)29-3)17-18(23-21(22)24-19(17)30-11)25-8-4-5-13(10-25)20(26)27/h6-7,9,13H,4-5,8,10H2,1-3H3,(H,26,27). The number of carbonyl (C=O) groups is 1. The molecule has 1 saturated heterocycles. The van der Waals surface area contributed by atoms with Gasteiger partial charge < -0.3 is 19.5 Å². The fourth-order valence-electron chi connectivity index (χ4n) is 4.01. The van der Waals surface area contributed by atoms with Gasteiger partial charge in [0, 0.05) is 23.5 Å². The summed E-state index contributed by atoms with van der Waals surface area (Å²) in [5.41, 5.74) is 1.95. The summed E-state index contributed by atoms with van der Waals surface area (Å²) in [4.78, 5) is 24.4. The Labute approximate surface area is 183 Å². The Balaban J connectivity index is 1.90. The van der Waals surface area contributed by atoms with Crippen LogP contribution in [-0.2, 0) is 4.79 Å². The highest BCUT2D eigenvalue weighted by Gasteiger charge is 2.29. The second-order valence-electron chi connectivity index (χ2n) is 7.22. The number of nitrogens with zero attached hydrogens (tertiary/aromatic N) is 3. The number of carboxylic acid groups (broad SMARTS) is 1. The average molecular weight is 448 g/mol. The number of aryl methyl sites for hydroxylation is 1. The number of hydrogen-bond donors (Lipinski definition) is 1. The number of benzene rings is 1. The lowest BCUT2D eigenvalue weighted by Gasteiger charge is -2.32. The summed E-state index contributed by atoms with van der Waals surface area (Å²) in [6.45, 7) is 3.16. The predicted molar refractivity (Wildman–Crippen MR) is 118 cm³/mol. The SMILES string of the molecule is COc1ccc(-c2c(C)sc3nc(Cl)nc(N4CCCC(C(=O)O)C4)c23)cc1OC. The molecule has 0 saturated carbocycles. The van der Waals surface area contributed by atoms with E-state index in [9.17, 15) is 9.90 Å². The van der Waals surface area contributed by atoms with E-state index in [4.69, 9.17) is 21.1 Å². The van der Waals surface area contributed by atoms with Gasteiger partial charge in [-0.05, 0) is 49.1 Å². The number of carboxylic acids is 1. The highest BCUT2D eigenvalue weighted by atomic mass is 35.5. The second kappa shape index (κ2) is 8.28. The molecule has 30 heavy (non-hydrogen) atoms.